The Balaban J connectivity index is 1.99. The third-order valence-corrected chi connectivity index (χ3v) is 3.20. The number of amides is 2. The highest BCUT2D eigenvalue weighted by Crippen LogP contribution is 2.11. The predicted octanol–water partition coefficient (Wildman–Crippen LogP) is 1.78. The van der Waals surface area contributed by atoms with Gasteiger partial charge in [-0.1, -0.05) is 0 Å². The quantitative estimate of drug-likeness (QED) is 0.800. The van der Waals surface area contributed by atoms with E-state index in [4.69, 9.17) is 0 Å². The van der Waals surface area contributed by atoms with Crippen molar-refractivity contribution >= 4 is 17.5 Å². The molecule has 2 aromatic rings. The Bertz CT molecular complexity index is 663. The number of nitrogens with zero attached hydrogens (tertiary/aromatic N) is 1. The van der Waals surface area contributed by atoms with Gasteiger partial charge >= 0.3 is 0 Å². The number of nitrogens with one attached hydrogen (secondary N) is 3. The molecule has 6 nitrogen and oxygen atoms in total. The fourth-order valence-electron chi connectivity index (χ4n) is 1.90. The molecule has 0 fully saturated rings. The van der Waals surface area contributed by atoms with Crippen molar-refractivity contribution in [2.45, 2.75) is 26.8 Å². The second-order valence-electron chi connectivity index (χ2n) is 4.84. The summed E-state index contributed by atoms with van der Waals surface area (Å²) in [4.78, 5) is 31.2. The Morgan fingerprint density at radius 1 is 1.29 bits per heavy atom. The van der Waals surface area contributed by atoms with Crippen LogP contribution in [-0.2, 0) is 4.79 Å². The topological polar surface area (TPSA) is 86.9 Å². The number of rotatable bonds is 4. The first kappa shape index (κ1) is 14.8. The van der Waals surface area contributed by atoms with Gasteiger partial charge in [0.2, 0.25) is 5.91 Å². The van der Waals surface area contributed by atoms with E-state index in [1.54, 1.807) is 44.4 Å². The number of aromatic nitrogens is 2. The normalized spacial score (nSPS) is 11.8. The standard InChI is InChI=1S/C15H18N4O2/c1-9-12(6-8-17-9)15(21)18-11(3)14(20)19-13-5-4-7-16-10(13)2/h4-8,11,17H,1-3H3,(H,18,21)(H,19,20)/t11-/m0/s1. The highest BCUT2D eigenvalue weighted by Gasteiger charge is 2.18. The monoisotopic (exact) mass is 286 g/mol. The van der Waals surface area contributed by atoms with Crippen LogP contribution in [0.3, 0.4) is 0 Å². The zero-order chi connectivity index (χ0) is 15.4. The minimum Gasteiger partial charge on any atom is -0.365 e. The number of aromatic amines is 1. The Morgan fingerprint density at radius 2 is 2.05 bits per heavy atom. The largest absolute Gasteiger partial charge is 0.365 e. The molecule has 0 aliphatic rings. The second-order valence-corrected chi connectivity index (χ2v) is 4.84. The van der Waals surface area contributed by atoms with Crippen LogP contribution in [0.15, 0.2) is 30.6 Å². The van der Waals surface area contributed by atoms with Crippen molar-refractivity contribution in [3.05, 3.63) is 47.5 Å². The van der Waals surface area contributed by atoms with Crippen LogP contribution < -0.4 is 10.6 Å². The minimum absolute atomic E-state index is 0.278. The lowest BCUT2D eigenvalue weighted by molar-refractivity contribution is -0.117. The number of hydrogen-bond donors (Lipinski definition) is 3. The number of carbonyl (C=O) groups is 2. The summed E-state index contributed by atoms with van der Waals surface area (Å²) in [5.41, 5.74) is 2.67. The minimum atomic E-state index is -0.647. The van der Waals surface area contributed by atoms with Crippen LogP contribution in [0.5, 0.6) is 0 Å². The Hall–Kier alpha value is -2.63. The fourth-order valence-corrected chi connectivity index (χ4v) is 1.90. The summed E-state index contributed by atoms with van der Waals surface area (Å²) in [7, 11) is 0. The maximum absolute atomic E-state index is 12.1. The van der Waals surface area contributed by atoms with Crippen LogP contribution in [0.2, 0.25) is 0 Å². The zero-order valence-electron chi connectivity index (χ0n) is 12.2. The Morgan fingerprint density at radius 3 is 2.67 bits per heavy atom. The van der Waals surface area contributed by atoms with E-state index in [0.29, 0.717) is 11.3 Å². The summed E-state index contributed by atoms with van der Waals surface area (Å²) < 4.78 is 0. The van der Waals surface area contributed by atoms with Crippen molar-refractivity contribution in [1.82, 2.24) is 15.3 Å². The van der Waals surface area contributed by atoms with Gasteiger partial charge in [-0.25, -0.2) is 0 Å². The van der Waals surface area contributed by atoms with Gasteiger partial charge in [-0.3, -0.25) is 14.6 Å². The van der Waals surface area contributed by atoms with E-state index in [1.165, 1.54) is 0 Å². The number of anilines is 1. The molecule has 2 heterocycles. The lowest BCUT2D eigenvalue weighted by atomic mass is 10.2. The van der Waals surface area contributed by atoms with Crippen LogP contribution >= 0.6 is 0 Å². The van der Waals surface area contributed by atoms with Crippen LogP contribution in [0.4, 0.5) is 5.69 Å². The molecule has 21 heavy (non-hydrogen) atoms. The molecule has 0 bridgehead atoms. The van der Waals surface area contributed by atoms with Gasteiger partial charge in [0.1, 0.15) is 6.04 Å². The van der Waals surface area contributed by atoms with Crippen LogP contribution in [-0.4, -0.2) is 27.8 Å². The first-order chi connectivity index (χ1) is 9.99. The summed E-state index contributed by atoms with van der Waals surface area (Å²) in [6, 6.07) is 4.55. The molecule has 2 aromatic heterocycles. The van der Waals surface area contributed by atoms with Crippen molar-refractivity contribution in [1.29, 1.82) is 0 Å². The van der Waals surface area contributed by atoms with Gasteiger partial charge in [-0.2, -0.15) is 0 Å². The first-order valence-corrected chi connectivity index (χ1v) is 6.66. The number of carbonyl (C=O) groups excluding carboxylic acids is 2. The number of pyridine rings is 1. The third kappa shape index (κ3) is 3.47. The third-order valence-electron chi connectivity index (χ3n) is 3.20. The lowest BCUT2D eigenvalue weighted by Crippen LogP contribution is -2.41. The van der Waals surface area contributed by atoms with Gasteiger partial charge < -0.3 is 15.6 Å². The second kappa shape index (κ2) is 6.21. The molecule has 1 atom stereocenters. The summed E-state index contributed by atoms with van der Waals surface area (Å²) in [6.07, 6.45) is 3.35. The van der Waals surface area contributed by atoms with Crippen molar-refractivity contribution < 1.29 is 9.59 Å². The molecule has 3 N–H and O–H groups in total. The van der Waals surface area contributed by atoms with Gasteiger partial charge in [0.05, 0.1) is 16.9 Å². The molecular formula is C15H18N4O2. The molecule has 0 saturated carbocycles. The molecule has 2 rings (SSSR count). The molecule has 0 unspecified atom stereocenters. The maximum atomic E-state index is 12.1. The fraction of sp³-hybridized carbons (Fsp3) is 0.267. The van der Waals surface area contributed by atoms with E-state index in [2.05, 4.69) is 20.6 Å². The maximum Gasteiger partial charge on any atom is 0.253 e. The summed E-state index contributed by atoms with van der Waals surface area (Å²) in [5, 5.41) is 5.42. The molecule has 0 aromatic carbocycles. The summed E-state index contributed by atoms with van der Waals surface area (Å²) in [5.74, 6) is -0.563. The molecule has 110 valence electrons. The van der Waals surface area contributed by atoms with Crippen LogP contribution in [0.25, 0.3) is 0 Å². The predicted molar refractivity (Wildman–Crippen MR) is 80.1 cm³/mol. The van der Waals surface area contributed by atoms with E-state index in [-0.39, 0.29) is 11.8 Å². The molecule has 0 saturated heterocycles. The molecule has 6 heteroatoms. The Labute approximate surface area is 123 Å². The van der Waals surface area contributed by atoms with Crippen molar-refractivity contribution in [2.24, 2.45) is 0 Å². The first-order valence-electron chi connectivity index (χ1n) is 6.66. The van der Waals surface area contributed by atoms with Crippen molar-refractivity contribution in [2.75, 3.05) is 5.32 Å². The van der Waals surface area contributed by atoms with Gasteiger partial charge in [-0.15, -0.1) is 0 Å². The highest BCUT2D eigenvalue weighted by atomic mass is 16.2. The molecular weight excluding hydrogens is 268 g/mol. The van der Waals surface area contributed by atoms with Gasteiger partial charge in [0, 0.05) is 18.1 Å². The van der Waals surface area contributed by atoms with Crippen molar-refractivity contribution in [3.8, 4) is 0 Å². The number of aryl methyl sites for hydroxylation is 2. The number of hydrogen-bond acceptors (Lipinski definition) is 3. The molecule has 2 amide bonds. The van der Waals surface area contributed by atoms with E-state index in [1.807, 2.05) is 6.92 Å². The van der Waals surface area contributed by atoms with E-state index in [9.17, 15) is 9.59 Å². The van der Waals surface area contributed by atoms with Gasteiger partial charge in [0.25, 0.3) is 5.91 Å². The molecule has 0 aliphatic carbocycles. The van der Waals surface area contributed by atoms with E-state index in [0.717, 1.165) is 11.4 Å². The average Bonchev–Trinajstić information content (AvgIpc) is 2.87. The molecule has 0 spiro atoms. The lowest BCUT2D eigenvalue weighted by Gasteiger charge is -2.14. The smallest absolute Gasteiger partial charge is 0.253 e. The SMILES string of the molecule is Cc1ncccc1NC(=O)[C@H](C)NC(=O)c1cc[nH]c1C. The van der Waals surface area contributed by atoms with Crippen molar-refractivity contribution in [3.63, 3.8) is 0 Å². The van der Waals surface area contributed by atoms with Crippen LogP contribution in [0, 0.1) is 13.8 Å². The average molecular weight is 286 g/mol. The van der Waals surface area contributed by atoms with Gasteiger partial charge in [-0.05, 0) is 39.0 Å². The van der Waals surface area contributed by atoms with Gasteiger partial charge in [0.15, 0.2) is 0 Å². The summed E-state index contributed by atoms with van der Waals surface area (Å²) in [6.45, 7) is 5.25. The van der Waals surface area contributed by atoms with Crippen LogP contribution in [0.1, 0.15) is 28.7 Å². The molecule has 0 aliphatic heterocycles. The van der Waals surface area contributed by atoms with E-state index < -0.39 is 6.04 Å². The zero-order valence-corrected chi connectivity index (χ0v) is 12.2. The van der Waals surface area contributed by atoms with E-state index >= 15 is 0 Å². The molecule has 0 radical (unpaired) electrons. The summed E-state index contributed by atoms with van der Waals surface area (Å²) >= 11 is 0. The number of H-pyrrole nitrogens is 1. The Kier molecular flexibility index (Phi) is 4.37. The highest BCUT2D eigenvalue weighted by molar-refractivity contribution is 6.01.